The van der Waals surface area contributed by atoms with E-state index in [2.05, 4.69) is 0 Å². The normalized spacial score (nSPS) is 22.5. The van der Waals surface area contributed by atoms with Gasteiger partial charge in [-0.1, -0.05) is 0 Å². The molecule has 9 nitrogen and oxygen atoms in total. The van der Waals surface area contributed by atoms with Gasteiger partial charge in [0.2, 0.25) is 15.9 Å². The first kappa shape index (κ1) is 24.7. The molecule has 3 rings (SSSR count). The largest absolute Gasteiger partial charge is 0.379 e. The summed E-state index contributed by atoms with van der Waals surface area (Å²) in [5.41, 5.74) is -0.00158. The number of halogens is 2. The van der Waals surface area contributed by atoms with E-state index < -0.39 is 27.3 Å². The monoisotopic (exact) mass is 477 g/mol. The third kappa shape index (κ3) is 5.36. The quantitative estimate of drug-likeness (QED) is 0.439. The number of ether oxygens (including phenoxy) is 2. The van der Waals surface area contributed by atoms with Crippen molar-refractivity contribution in [3.8, 4) is 0 Å². The van der Waals surface area contributed by atoms with Crippen molar-refractivity contribution in [2.24, 2.45) is 0 Å². The molecule has 0 amide bonds. The number of hydrogen-bond acceptors (Lipinski definition) is 7. The highest BCUT2D eigenvalue weighted by Gasteiger charge is 2.38. The van der Waals surface area contributed by atoms with Crippen LogP contribution in [0, 0.1) is 17.0 Å². The van der Waals surface area contributed by atoms with Crippen molar-refractivity contribution in [3.05, 3.63) is 27.8 Å². The van der Waals surface area contributed by atoms with Crippen LogP contribution in [0.1, 0.15) is 31.7 Å². The fourth-order valence-corrected chi connectivity index (χ4v) is 5.84. The van der Waals surface area contributed by atoms with Crippen molar-refractivity contribution >= 4 is 21.4 Å². The lowest BCUT2D eigenvalue weighted by Crippen LogP contribution is -2.44. The molecule has 0 aromatic heterocycles. The molecule has 180 valence electrons. The summed E-state index contributed by atoms with van der Waals surface area (Å²) in [5.74, 6) is -2.91. The Kier molecular flexibility index (Phi) is 7.69. The molecule has 2 fully saturated rings. The standard InChI is InChI=1S/C20H29F2N3O6S/c1-3-30-14-16-13-23(11-12-31-16)17-5-6-18(15(2)19(17)25(26)27)32(28,29)24-9-4-7-20(21,22)8-10-24/h5-6,16H,3-4,7-14H2,1-2H3. The van der Waals surface area contributed by atoms with Gasteiger partial charge in [-0.05, 0) is 32.4 Å². The molecule has 2 heterocycles. The van der Waals surface area contributed by atoms with Gasteiger partial charge in [-0.2, -0.15) is 4.31 Å². The van der Waals surface area contributed by atoms with Gasteiger partial charge in [-0.3, -0.25) is 10.1 Å². The second kappa shape index (κ2) is 9.94. The Balaban J connectivity index is 1.93. The van der Waals surface area contributed by atoms with Gasteiger partial charge in [0.1, 0.15) is 5.69 Å². The molecule has 0 saturated carbocycles. The molecule has 2 saturated heterocycles. The Morgan fingerprint density at radius 3 is 2.72 bits per heavy atom. The van der Waals surface area contributed by atoms with Crippen molar-refractivity contribution in [3.63, 3.8) is 0 Å². The molecule has 0 aliphatic carbocycles. The van der Waals surface area contributed by atoms with Crippen molar-refractivity contribution in [1.82, 2.24) is 4.31 Å². The van der Waals surface area contributed by atoms with Crippen LogP contribution >= 0.6 is 0 Å². The molecule has 0 spiro atoms. The highest BCUT2D eigenvalue weighted by atomic mass is 32.2. The van der Waals surface area contributed by atoms with Gasteiger partial charge in [0.05, 0.1) is 29.1 Å². The fourth-order valence-electron chi connectivity index (χ4n) is 4.14. The van der Waals surface area contributed by atoms with Crippen molar-refractivity contribution < 1.29 is 31.6 Å². The average Bonchev–Trinajstić information content (AvgIpc) is 2.92. The first-order chi connectivity index (χ1) is 15.1. The van der Waals surface area contributed by atoms with Crippen molar-refractivity contribution in [1.29, 1.82) is 0 Å². The summed E-state index contributed by atoms with van der Waals surface area (Å²) >= 11 is 0. The Labute approximate surface area is 186 Å². The first-order valence-corrected chi connectivity index (χ1v) is 12.1. The average molecular weight is 478 g/mol. The fraction of sp³-hybridized carbons (Fsp3) is 0.700. The van der Waals surface area contributed by atoms with Crippen LogP contribution in [0.2, 0.25) is 0 Å². The molecule has 1 atom stereocenters. The van der Waals surface area contributed by atoms with Crippen molar-refractivity contribution in [2.45, 2.75) is 50.0 Å². The summed E-state index contributed by atoms with van der Waals surface area (Å²) in [6, 6.07) is 2.76. The lowest BCUT2D eigenvalue weighted by molar-refractivity contribution is -0.384. The molecule has 32 heavy (non-hydrogen) atoms. The third-order valence-electron chi connectivity index (χ3n) is 5.82. The van der Waals surface area contributed by atoms with E-state index in [0.717, 1.165) is 4.31 Å². The summed E-state index contributed by atoms with van der Waals surface area (Å²) in [5, 5.41) is 11.9. The highest BCUT2D eigenvalue weighted by Crippen LogP contribution is 2.38. The molecule has 1 unspecified atom stereocenters. The van der Waals surface area contributed by atoms with Crippen LogP contribution in [0.25, 0.3) is 0 Å². The minimum atomic E-state index is -4.16. The molecule has 2 aliphatic heterocycles. The van der Waals surface area contributed by atoms with E-state index in [0.29, 0.717) is 38.6 Å². The van der Waals surface area contributed by atoms with Gasteiger partial charge in [0.15, 0.2) is 0 Å². The lowest BCUT2D eigenvalue weighted by Gasteiger charge is -2.34. The van der Waals surface area contributed by atoms with Crippen LogP contribution in [0.5, 0.6) is 0 Å². The maximum Gasteiger partial charge on any atom is 0.296 e. The molecule has 0 N–H and O–H groups in total. The zero-order chi connectivity index (χ0) is 23.5. The first-order valence-electron chi connectivity index (χ1n) is 10.7. The number of alkyl halides is 2. The Bertz CT molecular complexity index is 944. The summed E-state index contributed by atoms with van der Waals surface area (Å²) in [4.78, 5) is 12.9. The Morgan fingerprint density at radius 1 is 1.28 bits per heavy atom. The predicted octanol–water partition coefficient (Wildman–Crippen LogP) is 2.95. The lowest BCUT2D eigenvalue weighted by atomic mass is 10.1. The summed E-state index contributed by atoms with van der Waals surface area (Å²) in [7, 11) is -4.16. The summed E-state index contributed by atoms with van der Waals surface area (Å²) in [6.07, 6.45) is -1.18. The van der Waals surface area contributed by atoms with E-state index in [9.17, 15) is 27.3 Å². The molecular weight excluding hydrogens is 448 g/mol. The number of morpholine rings is 1. The topological polar surface area (TPSA) is 102 Å². The van der Waals surface area contributed by atoms with Gasteiger partial charge in [-0.15, -0.1) is 0 Å². The van der Waals surface area contributed by atoms with Crippen LogP contribution in [0.3, 0.4) is 0 Å². The van der Waals surface area contributed by atoms with E-state index in [4.69, 9.17) is 9.47 Å². The molecule has 1 aromatic rings. The minimum absolute atomic E-state index is 0.00337. The zero-order valence-corrected chi connectivity index (χ0v) is 19.1. The van der Waals surface area contributed by atoms with Crippen LogP contribution < -0.4 is 4.90 Å². The molecule has 2 aliphatic rings. The SMILES string of the molecule is CCOCC1CN(c2ccc(S(=O)(=O)N3CCCC(F)(F)CC3)c(C)c2[N+](=O)[O-])CCO1. The number of benzene rings is 1. The highest BCUT2D eigenvalue weighted by molar-refractivity contribution is 7.89. The van der Waals surface area contributed by atoms with E-state index in [1.54, 1.807) is 4.90 Å². The van der Waals surface area contributed by atoms with E-state index in [1.807, 2.05) is 6.92 Å². The molecule has 12 heteroatoms. The molecule has 0 bridgehead atoms. The van der Waals surface area contributed by atoms with Crippen LogP contribution in [0.15, 0.2) is 17.0 Å². The van der Waals surface area contributed by atoms with Gasteiger partial charge >= 0.3 is 0 Å². The maximum absolute atomic E-state index is 13.7. The Morgan fingerprint density at radius 2 is 2.03 bits per heavy atom. The number of nitrogens with zero attached hydrogens (tertiary/aromatic N) is 3. The Hall–Kier alpha value is -1.89. The molecular formula is C20H29F2N3O6S. The van der Waals surface area contributed by atoms with Crippen molar-refractivity contribution in [2.75, 3.05) is 50.9 Å². The number of nitro groups is 1. The summed E-state index contributed by atoms with van der Waals surface area (Å²) < 4.78 is 65.9. The molecule has 1 aromatic carbocycles. The van der Waals surface area contributed by atoms with Crippen LogP contribution in [0.4, 0.5) is 20.2 Å². The predicted molar refractivity (Wildman–Crippen MR) is 114 cm³/mol. The summed E-state index contributed by atoms with van der Waals surface area (Å²) in [6.45, 7) is 4.89. The maximum atomic E-state index is 13.7. The number of anilines is 1. The van der Waals surface area contributed by atoms with Crippen LogP contribution in [-0.4, -0.2) is 75.7 Å². The number of sulfonamides is 1. The van der Waals surface area contributed by atoms with E-state index in [-0.39, 0.29) is 48.2 Å². The van der Waals surface area contributed by atoms with Gasteiger partial charge in [0.25, 0.3) is 5.69 Å². The number of nitro benzene ring substituents is 1. The zero-order valence-electron chi connectivity index (χ0n) is 18.3. The number of hydrogen-bond donors (Lipinski definition) is 0. The number of rotatable bonds is 7. The minimum Gasteiger partial charge on any atom is -0.379 e. The second-order valence-electron chi connectivity index (χ2n) is 8.03. The van der Waals surface area contributed by atoms with Crippen LogP contribution in [-0.2, 0) is 19.5 Å². The van der Waals surface area contributed by atoms with Gasteiger partial charge < -0.3 is 14.4 Å². The van der Waals surface area contributed by atoms with Gasteiger partial charge in [-0.25, -0.2) is 17.2 Å². The van der Waals surface area contributed by atoms with E-state index >= 15 is 0 Å². The second-order valence-corrected chi connectivity index (χ2v) is 9.93. The third-order valence-corrected chi connectivity index (χ3v) is 7.87. The smallest absolute Gasteiger partial charge is 0.296 e. The van der Waals surface area contributed by atoms with E-state index in [1.165, 1.54) is 19.1 Å². The molecule has 0 radical (unpaired) electrons. The van der Waals surface area contributed by atoms with Gasteiger partial charge in [0, 0.05) is 51.2 Å².